The highest BCUT2D eigenvalue weighted by molar-refractivity contribution is 7.09. The number of nitrogens with one attached hydrogen (secondary N) is 2. The molecule has 3 aromatic rings. The SMILES string of the molecule is O=C(NCC1CCCC1Nc1nc(C2CC2)ns1)c1ccc2cccnn12. The molecule has 2 unspecified atom stereocenters. The highest BCUT2D eigenvalue weighted by Gasteiger charge is 2.31. The van der Waals surface area contributed by atoms with E-state index < -0.39 is 0 Å². The fourth-order valence-corrected chi connectivity index (χ4v) is 4.57. The summed E-state index contributed by atoms with van der Waals surface area (Å²) in [5.41, 5.74) is 1.50. The van der Waals surface area contributed by atoms with E-state index in [0.717, 1.165) is 29.3 Å². The molecule has 0 aliphatic heterocycles. The first kappa shape index (κ1) is 16.7. The maximum Gasteiger partial charge on any atom is 0.269 e. The number of nitrogens with zero attached hydrogens (tertiary/aromatic N) is 4. The minimum atomic E-state index is -0.0775. The van der Waals surface area contributed by atoms with Crippen LogP contribution in [0, 0.1) is 5.92 Å². The van der Waals surface area contributed by atoms with Crippen molar-refractivity contribution >= 4 is 28.1 Å². The van der Waals surface area contributed by atoms with Crippen LogP contribution in [0.4, 0.5) is 5.13 Å². The van der Waals surface area contributed by atoms with Gasteiger partial charge in [0, 0.05) is 36.2 Å². The van der Waals surface area contributed by atoms with Crippen LogP contribution in [0.2, 0.25) is 0 Å². The molecule has 2 aliphatic rings. The van der Waals surface area contributed by atoms with Gasteiger partial charge in [-0.3, -0.25) is 4.79 Å². The molecule has 2 fully saturated rings. The highest BCUT2D eigenvalue weighted by Crippen LogP contribution is 2.39. The monoisotopic (exact) mass is 382 g/mol. The van der Waals surface area contributed by atoms with Crippen LogP contribution in [0.1, 0.15) is 54.3 Å². The molecule has 5 rings (SSSR count). The zero-order valence-electron chi connectivity index (χ0n) is 15.0. The Kier molecular flexibility index (Phi) is 4.27. The van der Waals surface area contributed by atoms with E-state index in [0.29, 0.717) is 30.1 Å². The van der Waals surface area contributed by atoms with Crippen molar-refractivity contribution in [2.45, 2.75) is 44.1 Å². The van der Waals surface area contributed by atoms with E-state index in [1.165, 1.54) is 30.8 Å². The van der Waals surface area contributed by atoms with Crippen molar-refractivity contribution in [3.05, 3.63) is 42.0 Å². The summed E-state index contributed by atoms with van der Waals surface area (Å²) in [4.78, 5) is 17.3. The summed E-state index contributed by atoms with van der Waals surface area (Å²) in [7, 11) is 0. The normalized spacial score (nSPS) is 22.2. The van der Waals surface area contributed by atoms with Gasteiger partial charge >= 0.3 is 0 Å². The Balaban J connectivity index is 1.21. The summed E-state index contributed by atoms with van der Waals surface area (Å²) in [5, 5.41) is 11.8. The van der Waals surface area contributed by atoms with Gasteiger partial charge in [-0.1, -0.05) is 6.42 Å². The molecule has 0 bridgehead atoms. The van der Waals surface area contributed by atoms with E-state index in [9.17, 15) is 4.79 Å². The predicted octanol–water partition coefficient (Wildman–Crippen LogP) is 3.07. The predicted molar refractivity (Wildman–Crippen MR) is 104 cm³/mol. The molecule has 7 nitrogen and oxygen atoms in total. The van der Waals surface area contributed by atoms with Gasteiger partial charge in [0.15, 0.2) is 0 Å². The van der Waals surface area contributed by atoms with Crippen LogP contribution in [0.15, 0.2) is 30.5 Å². The third-order valence-corrected chi connectivity index (χ3v) is 6.19. The van der Waals surface area contributed by atoms with E-state index >= 15 is 0 Å². The van der Waals surface area contributed by atoms with Gasteiger partial charge in [0.2, 0.25) is 5.13 Å². The molecule has 140 valence electrons. The van der Waals surface area contributed by atoms with E-state index in [-0.39, 0.29) is 5.91 Å². The summed E-state index contributed by atoms with van der Waals surface area (Å²) in [5.74, 6) is 1.91. The fraction of sp³-hybridized carbons (Fsp3) is 0.474. The largest absolute Gasteiger partial charge is 0.357 e. The first-order valence-corrected chi connectivity index (χ1v) is 10.4. The lowest BCUT2D eigenvalue weighted by atomic mass is 10.0. The molecule has 2 N–H and O–H groups in total. The maximum absolute atomic E-state index is 12.6. The second-order valence-electron chi connectivity index (χ2n) is 7.46. The number of carbonyl (C=O) groups excluding carboxylic acids is 1. The van der Waals surface area contributed by atoms with Gasteiger partial charge in [-0.05, 0) is 55.9 Å². The topological polar surface area (TPSA) is 84.2 Å². The number of rotatable bonds is 6. The third kappa shape index (κ3) is 3.41. The molecule has 8 heteroatoms. The summed E-state index contributed by atoms with van der Waals surface area (Å²) in [6, 6.07) is 7.89. The van der Waals surface area contributed by atoms with Gasteiger partial charge < -0.3 is 10.6 Å². The van der Waals surface area contributed by atoms with Gasteiger partial charge in [0.25, 0.3) is 5.91 Å². The Morgan fingerprint density at radius 3 is 3.04 bits per heavy atom. The fourth-order valence-electron chi connectivity index (χ4n) is 3.86. The lowest BCUT2D eigenvalue weighted by Crippen LogP contribution is -2.36. The van der Waals surface area contributed by atoms with Gasteiger partial charge in [-0.15, -0.1) is 0 Å². The van der Waals surface area contributed by atoms with E-state index in [1.807, 2.05) is 24.3 Å². The van der Waals surface area contributed by atoms with Crippen LogP contribution in [-0.2, 0) is 0 Å². The average Bonchev–Trinajstić information content (AvgIpc) is 3.08. The molecule has 2 atom stereocenters. The molecule has 3 aromatic heterocycles. The molecule has 0 aromatic carbocycles. The van der Waals surface area contributed by atoms with Crippen molar-refractivity contribution in [1.29, 1.82) is 0 Å². The first-order valence-electron chi connectivity index (χ1n) is 9.59. The van der Waals surface area contributed by atoms with Gasteiger partial charge in [0.05, 0.1) is 5.52 Å². The Morgan fingerprint density at radius 2 is 2.15 bits per heavy atom. The molecule has 2 aliphatic carbocycles. The van der Waals surface area contributed by atoms with Crippen LogP contribution in [0.3, 0.4) is 0 Å². The Labute approximate surface area is 161 Å². The van der Waals surface area contributed by atoms with Gasteiger partial charge in [-0.2, -0.15) is 9.47 Å². The molecule has 2 saturated carbocycles. The average molecular weight is 382 g/mol. The lowest BCUT2D eigenvalue weighted by Gasteiger charge is -2.20. The zero-order chi connectivity index (χ0) is 18.2. The van der Waals surface area contributed by atoms with E-state index in [4.69, 9.17) is 0 Å². The van der Waals surface area contributed by atoms with Crippen LogP contribution >= 0.6 is 11.5 Å². The van der Waals surface area contributed by atoms with Crippen molar-refractivity contribution in [1.82, 2.24) is 24.3 Å². The van der Waals surface area contributed by atoms with Crippen molar-refractivity contribution in [2.24, 2.45) is 5.92 Å². The second-order valence-corrected chi connectivity index (χ2v) is 8.21. The molecule has 0 saturated heterocycles. The molecular weight excluding hydrogens is 360 g/mol. The summed E-state index contributed by atoms with van der Waals surface area (Å²) >= 11 is 1.46. The Morgan fingerprint density at radius 1 is 1.22 bits per heavy atom. The summed E-state index contributed by atoms with van der Waals surface area (Å²) < 4.78 is 6.15. The standard InChI is InChI=1S/C19H22N6OS/c26-18(16-9-8-14-4-2-10-21-25(14)16)20-11-13-3-1-5-15(13)22-19-23-17(24-27-19)12-6-7-12/h2,4,8-10,12-13,15H,1,3,5-7,11H2,(H,20,26)(H,22,23,24). The quantitative estimate of drug-likeness (QED) is 0.684. The summed E-state index contributed by atoms with van der Waals surface area (Å²) in [6.07, 6.45) is 7.52. The molecule has 1 amide bonds. The minimum absolute atomic E-state index is 0.0775. The second kappa shape index (κ2) is 6.92. The number of hydrogen-bond donors (Lipinski definition) is 2. The number of carbonyl (C=O) groups is 1. The van der Waals surface area contributed by atoms with Crippen LogP contribution in [-0.4, -0.2) is 37.5 Å². The first-order chi connectivity index (χ1) is 13.3. The zero-order valence-corrected chi connectivity index (χ0v) is 15.8. The van der Waals surface area contributed by atoms with Crippen LogP contribution in [0.25, 0.3) is 5.52 Å². The maximum atomic E-state index is 12.6. The Bertz CT molecular complexity index is 962. The molecule has 0 radical (unpaired) electrons. The number of fused-ring (bicyclic) bond motifs is 1. The van der Waals surface area contributed by atoms with Crippen molar-refractivity contribution < 1.29 is 4.79 Å². The lowest BCUT2D eigenvalue weighted by molar-refractivity contribution is 0.0940. The van der Waals surface area contributed by atoms with Crippen LogP contribution in [0.5, 0.6) is 0 Å². The van der Waals surface area contributed by atoms with Crippen molar-refractivity contribution in [3.8, 4) is 0 Å². The van der Waals surface area contributed by atoms with Crippen LogP contribution < -0.4 is 10.6 Å². The smallest absolute Gasteiger partial charge is 0.269 e. The number of anilines is 1. The number of hydrogen-bond acceptors (Lipinski definition) is 6. The van der Waals surface area contributed by atoms with E-state index in [2.05, 4.69) is 25.1 Å². The molecule has 3 heterocycles. The third-order valence-electron chi connectivity index (χ3n) is 5.53. The minimum Gasteiger partial charge on any atom is -0.357 e. The van der Waals surface area contributed by atoms with Crippen molar-refractivity contribution in [2.75, 3.05) is 11.9 Å². The molecule has 0 spiro atoms. The number of amides is 1. The van der Waals surface area contributed by atoms with Crippen molar-refractivity contribution in [3.63, 3.8) is 0 Å². The molecular formula is C19H22N6OS. The summed E-state index contributed by atoms with van der Waals surface area (Å²) in [6.45, 7) is 0.658. The highest BCUT2D eigenvalue weighted by atomic mass is 32.1. The van der Waals surface area contributed by atoms with Gasteiger partial charge in [-0.25, -0.2) is 9.50 Å². The molecule has 27 heavy (non-hydrogen) atoms. The Hall–Kier alpha value is -2.48. The van der Waals surface area contributed by atoms with Gasteiger partial charge in [0.1, 0.15) is 11.5 Å². The van der Waals surface area contributed by atoms with E-state index in [1.54, 1.807) is 10.7 Å². The number of aromatic nitrogens is 4.